The molecule has 5 rings (SSSR count). The Balaban J connectivity index is 0.000000236. The summed E-state index contributed by atoms with van der Waals surface area (Å²) in [6.45, 7) is 3.43. The molecule has 3 aromatic carbocycles. The van der Waals surface area contributed by atoms with Crippen LogP contribution in [-0.2, 0) is 40.1 Å². The topological polar surface area (TPSA) is 170 Å². The van der Waals surface area contributed by atoms with Crippen molar-refractivity contribution in [3.05, 3.63) is 106 Å². The van der Waals surface area contributed by atoms with Crippen molar-refractivity contribution < 1.29 is 60.4 Å². The molecule has 0 saturated carbocycles. The fourth-order valence-electron chi connectivity index (χ4n) is 4.83. The van der Waals surface area contributed by atoms with Gasteiger partial charge < -0.3 is 34.9 Å². The summed E-state index contributed by atoms with van der Waals surface area (Å²) in [5, 5.41) is 26.1. The van der Waals surface area contributed by atoms with Crippen LogP contribution in [0.2, 0.25) is 0 Å². The van der Waals surface area contributed by atoms with Crippen molar-refractivity contribution in [3.8, 4) is 11.5 Å². The van der Waals surface area contributed by atoms with Crippen molar-refractivity contribution in [3.63, 3.8) is 0 Å². The number of aliphatic hydroxyl groups is 2. The maximum atomic E-state index is 13.7. The Bertz CT molecular complexity index is 1820. The van der Waals surface area contributed by atoms with Crippen LogP contribution in [0, 0.1) is 31.3 Å². The molecule has 0 unspecified atom stereocenters. The number of carbonyl (C=O) groups is 3. The number of carbonyl (C=O) groups excluding carboxylic acids is 3. The summed E-state index contributed by atoms with van der Waals surface area (Å²) in [5.41, 5.74) is 7.58. The van der Waals surface area contributed by atoms with Crippen LogP contribution in [0.4, 0.5) is 26.3 Å². The third kappa shape index (κ3) is 10.4. The molecule has 2 heterocycles. The third-order valence-corrected chi connectivity index (χ3v) is 7.63. The number of hydrogen-bond acceptors (Lipinski definition) is 10. The summed E-state index contributed by atoms with van der Waals surface area (Å²) in [6, 6.07) is 13.2. The van der Waals surface area contributed by atoms with E-state index in [9.17, 15) is 50.9 Å². The highest BCUT2D eigenvalue weighted by Crippen LogP contribution is 2.29. The standard InChI is InChI=1S/C18H18O6.C16H15F6N5O/c1-11-3-7-13(8-4-11)23-17(21)15(19)16(20)18(22)24-14-9-5-12(2)6-10-14;17-10-6-12(19)11(18)4-8(10)3-9(23)5-14(28)26-1-2-27-13(7-26)24-25-15(27)16(20,21)22/h3-10,15-16,19-20H,1-2H3;4,6,9H,1-3,5,7,23H2/t15-,16-;9-/m11/s1. The first-order valence-corrected chi connectivity index (χ1v) is 15.5. The number of benzene rings is 3. The van der Waals surface area contributed by atoms with Crippen molar-refractivity contribution in [2.45, 2.75) is 64.2 Å². The van der Waals surface area contributed by atoms with Gasteiger partial charge in [0.15, 0.2) is 29.7 Å². The van der Waals surface area contributed by atoms with E-state index in [1.807, 2.05) is 13.8 Å². The fraction of sp³-hybridized carbons (Fsp3) is 0.324. The van der Waals surface area contributed by atoms with E-state index in [2.05, 4.69) is 10.2 Å². The number of halogens is 6. The van der Waals surface area contributed by atoms with Crippen LogP contribution in [0.15, 0.2) is 60.7 Å². The molecule has 0 radical (unpaired) electrons. The summed E-state index contributed by atoms with van der Waals surface area (Å²) in [4.78, 5) is 37.2. The number of esters is 2. The zero-order valence-corrected chi connectivity index (χ0v) is 27.6. The summed E-state index contributed by atoms with van der Waals surface area (Å²) < 4.78 is 89.1. The van der Waals surface area contributed by atoms with Crippen LogP contribution in [-0.4, -0.2) is 72.5 Å². The van der Waals surface area contributed by atoms with Gasteiger partial charge in [0.05, 0.1) is 6.54 Å². The van der Waals surface area contributed by atoms with Gasteiger partial charge in [-0.1, -0.05) is 35.4 Å². The van der Waals surface area contributed by atoms with Gasteiger partial charge >= 0.3 is 18.1 Å². The van der Waals surface area contributed by atoms with E-state index in [1.54, 1.807) is 24.3 Å². The summed E-state index contributed by atoms with van der Waals surface area (Å²) in [6.07, 6.45) is -9.21. The predicted molar refractivity (Wildman–Crippen MR) is 169 cm³/mol. The second kappa shape index (κ2) is 16.8. The molecule has 1 aliphatic heterocycles. The Labute approximate surface area is 292 Å². The summed E-state index contributed by atoms with van der Waals surface area (Å²) in [5.74, 6) is -7.04. The number of rotatable bonds is 9. The first kappa shape index (κ1) is 39.5. The molecule has 18 heteroatoms. The van der Waals surface area contributed by atoms with Gasteiger partial charge in [-0.3, -0.25) is 4.79 Å². The average Bonchev–Trinajstić information content (AvgIpc) is 3.53. The van der Waals surface area contributed by atoms with Gasteiger partial charge in [0.1, 0.15) is 17.3 Å². The minimum absolute atomic E-state index is 0.000783. The number of hydrogen-bond donors (Lipinski definition) is 3. The van der Waals surface area contributed by atoms with Crippen molar-refractivity contribution in [1.82, 2.24) is 19.7 Å². The first-order valence-electron chi connectivity index (χ1n) is 15.5. The smallest absolute Gasteiger partial charge is 0.425 e. The van der Waals surface area contributed by atoms with E-state index in [-0.39, 0.29) is 55.4 Å². The number of nitrogens with two attached hydrogens (primary N) is 1. The Hall–Kier alpha value is -5.33. The largest absolute Gasteiger partial charge is 0.451 e. The lowest BCUT2D eigenvalue weighted by Gasteiger charge is -2.29. The molecule has 4 N–H and O–H groups in total. The highest BCUT2D eigenvalue weighted by atomic mass is 19.4. The van der Waals surface area contributed by atoms with E-state index < -0.39 is 65.5 Å². The number of alkyl halides is 3. The van der Waals surface area contributed by atoms with Crippen molar-refractivity contribution >= 4 is 17.8 Å². The van der Waals surface area contributed by atoms with E-state index in [0.29, 0.717) is 12.1 Å². The number of amides is 1. The van der Waals surface area contributed by atoms with E-state index in [0.717, 1.165) is 15.7 Å². The van der Waals surface area contributed by atoms with Gasteiger partial charge in [-0.25, -0.2) is 22.8 Å². The summed E-state index contributed by atoms with van der Waals surface area (Å²) >= 11 is 0. The predicted octanol–water partition coefficient (Wildman–Crippen LogP) is 3.55. The molecule has 1 aliphatic rings. The maximum Gasteiger partial charge on any atom is 0.451 e. The Morgan fingerprint density at radius 3 is 1.81 bits per heavy atom. The van der Waals surface area contributed by atoms with Gasteiger partial charge in [0.25, 0.3) is 0 Å². The normalized spacial score (nSPS) is 14.3. The fourth-order valence-corrected chi connectivity index (χ4v) is 4.83. The monoisotopic (exact) mass is 737 g/mol. The second-order valence-corrected chi connectivity index (χ2v) is 11.8. The van der Waals surface area contributed by atoms with Crippen LogP contribution in [0.5, 0.6) is 11.5 Å². The number of nitrogens with zero attached hydrogens (tertiary/aromatic N) is 4. The average molecular weight is 738 g/mol. The van der Waals surface area contributed by atoms with Gasteiger partial charge in [-0.05, 0) is 56.2 Å². The van der Waals surface area contributed by atoms with Gasteiger partial charge in [0, 0.05) is 31.6 Å². The lowest BCUT2D eigenvalue weighted by Crippen LogP contribution is -2.43. The van der Waals surface area contributed by atoms with Gasteiger partial charge in [0.2, 0.25) is 11.7 Å². The molecule has 3 atom stereocenters. The van der Waals surface area contributed by atoms with Crippen molar-refractivity contribution in [2.75, 3.05) is 6.54 Å². The van der Waals surface area contributed by atoms with Crippen LogP contribution < -0.4 is 15.2 Å². The molecule has 278 valence electrons. The Morgan fingerprint density at radius 2 is 1.31 bits per heavy atom. The van der Waals surface area contributed by atoms with Crippen LogP contribution in [0.25, 0.3) is 0 Å². The number of ether oxygens (including phenoxy) is 2. The lowest BCUT2D eigenvalue weighted by molar-refractivity contribution is -0.162. The number of aromatic nitrogens is 3. The molecule has 0 spiro atoms. The van der Waals surface area contributed by atoms with Crippen molar-refractivity contribution in [2.24, 2.45) is 5.73 Å². The van der Waals surface area contributed by atoms with Crippen LogP contribution in [0.3, 0.4) is 0 Å². The Morgan fingerprint density at radius 1 is 0.808 bits per heavy atom. The van der Waals surface area contributed by atoms with Gasteiger partial charge in [-0.2, -0.15) is 13.2 Å². The molecular formula is C34H33F6N5O7. The molecule has 0 bridgehead atoms. The van der Waals surface area contributed by atoms with Crippen LogP contribution in [0.1, 0.15) is 34.8 Å². The second-order valence-electron chi connectivity index (χ2n) is 11.8. The first-order chi connectivity index (χ1) is 24.4. The van der Waals surface area contributed by atoms with Crippen molar-refractivity contribution in [1.29, 1.82) is 0 Å². The Kier molecular flexibility index (Phi) is 12.7. The third-order valence-electron chi connectivity index (χ3n) is 7.63. The minimum Gasteiger partial charge on any atom is -0.425 e. The van der Waals surface area contributed by atoms with Crippen LogP contribution >= 0.6 is 0 Å². The molecule has 0 fully saturated rings. The maximum absolute atomic E-state index is 13.7. The van der Waals surface area contributed by atoms with Gasteiger partial charge in [-0.15, -0.1) is 10.2 Å². The SMILES string of the molecule is Cc1ccc(OC(=O)[C@H](O)[C@@H](O)C(=O)Oc2ccc(C)cc2)cc1.N[C@@H](CC(=O)N1CCn2c(nnc2C(F)(F)F)C1)Cc1cc(F)c(F)cc1F. The number of aliphatic hydroxyl groups excluding tert-OH is 2. The highest BCUT2D eigenvalue weighted by Gasteiger charge is 2.40. The zero-order valence-electron chi connectivity index (χ0n) is 27.6. The molecule has 1 aromatic heterocycles. The summed E-state index contributed by atoms with van der Waals surface area (Å²) in [7, 11) is 0. The lowest BCUT2D eigenvalue weighted by atomic mass is 10.0. The quantitative estimate of drug-likeness (QED) is 0.1000. The van der Waals surface area contributed by atoms with E-state index in [1.165, 1.54) is 29.2 Å². The molecule has 0 aliphatic carbocycles. The zero-order chi connectivity index (χ0) is 38.3. The number of fused-ring (bicyclic) bond motifs is 1. The molecule has 4 aromatic rings. The van der Waals surface area contributed by atoms with E-state index >= 15 is 0 Å². The number of aryl methyl sites for hydroxylation is 2. The molecule has 12 nitrogen and oxygen atoms in total. The van der Waals surface area contributed by atoms with E-state index in [4.69, 9.17) is 15.2 Å². The minimum atomic E-state index is -4.64. The molecule has 52 heavy (non-hydrogen) atoms. The molecule has 0 saturated heterocycles. The molecule has 1 amide bonds. The highest BCUT2D eigenvalue weighted by molar-refractivity contribution is 5.87. The molecular weight excluding hydrogens is 704 g/mol.